The van der Waals surface area contributed by atoms with Crippen LogP contribution in [0.25, 0.3) is 0 Å². The molecule has 8 aliphatic rings. The molecule has 8 heterocycles. The van der Waals surface area contributed by atoms with Gasteiger partial charge in [-0.25, -0.2) is 0 Å². The number of carbonyl (C=O) groups excluding carboxylic acids is 4. The van der Waals surface area contributed by atoms with Crippen LogP contribution in [0.4, 0.5) is 0 Å². The van der Waals surface area contributed by atoms with Crippen LogP contribution in [0, 0.1) is 0 Å². The molecule has 8 rings (SSSR count). The molecule has 4 unspecified atom stereocenters. The third-order valence-corrected chi connectivity index (χ3v) is 11.8. The van der Waals surface area contributed by atoms with Gasteiger partial charge in [0.1, 0.15) is 72.6 Å². The van der Waals surface area contributed by atoms with Crippen molar-refractivity contribution in [3.63, 3.8) is 0 Å². The predicted octanol–water partition coefficient (Wildman–Crippen LogP) is -2.32. The normalized spacial score (nSPS) is 33.2. The maximum Gasteiger partial charge on any atom is 0.253 e. The van der Waals surface area contributed by atoms with Gasteiger partial charge < -0.3 is 101 Å². The standard InChI is InChI=1S/4C11H16N2O4.CH4/c4*1-6-4-13(7(2)12-11(6)16)10-3-8(15)9(5-14)17-10;/h4*4,8-10,14-15H,2-3,5H2,1H3,(H,12,16);1H4/t4*8?,9-,10-;/m1111./s1/i16+2;15+2;14+2;;. The van der Waals surface area contributed by atoms with Gasteiger partial charge >= 0.3 is 0 Å². The van der Waals surface area contributed by atoms with Gasteiger partial charge in [-0.3, -0.25) is 19.2 Å². The zero-order valence-electron chi connectivity index (χ0n) is 38.4. The van der Waals surface area contributed by atoms with Crippen LogP contribution in [0.3, 0.4) is 0 Å². The molecule has 0 bridgehead atoms. The quantitative estimate of drug-likeness (QED) is 0.114. The van der Waals surface area contributed by atoms with Crippen LogP contribution < -0.4 is 21.3 Å². The second-order valence-electron chi connectivity index (χ2n) is 16.9. The summed E-state index contributed by atoms with van der Waals surface area (Å²) in [6.07, 6.45) is 1.21. The number of carbonyl (C=O) groups is 4. The first-order valence-electron chi connectivity index (χ1n) is 21.8. The smallest absolute Gasteiger partial charge is 0.253 e. The highest BCUT2D eigenvalue weighted by molar-refractivity contribution is 5.96. The summed E-state index contributed by atoms with van der Waals surface area (Å²) in [7, 11) is 0. The fourth-order valence-electron chi connectivity index (χ4n) is 7.79. The first kappa shape index (κ1) is 56.1. The average molecular weight is 983 g/mol. The van der Waals surface area contributed by atoms with Crippen molar-refractivity contribution in [3.05, 3.63) is 96.7 Å². The summed E-state index contributed by atoms with van der Waals surface area (Å²) in [5.74, 6) is 0.888. The summed E-state index contributed by atoms with van der Waals surface area (Å²) in [6.45, 7) is 20.7. The summed E-state index contributed by atoms with van der Waals surface area (Å²) < 4.78 is 21.9. The van der Waals surface area contributed by atoms with Crippen molar-refractivity contribution in [2.75, 3.05) is 26.4 Å². The molecule has 384 valence electrons. The van der Waals surface area contributed by atoms with Crippen molar-refractivity contribution in [3.8, 4) is 0 Å². The van der Waals surface area contributed by atoms with Crippen molar-refractivity contribution in [1.29, 1.82) is 0 Å². The predicted molar refractivity (Wildman–Crippen MR) is 244 cm³/mol. The van der Waals surface area contributed by atoms with Crippen LogP contribution in [0.5, 0.6) is 0 Å². The molecule has 24 heteroatoms. The number of nitrogens with zero attached hydrogens (tertiary/aromatic N) is 4. The van der Waals surface area contributed by atoms with E-state index in [1.165, 1.54) is 0 Å². The van der Waals surface area contributed by atoms with E-state index in [0.717, 1.165) is 0 Å². The first-order valence-corrected chi connectivity index (χ1v) is 21.8. The minimum Gasteiger partial charge on any atom is -0.394 e. The molecule has 8 aliphatic heterocycles. The largest absolute Gasteiger partial charge is 0.394 e. The van der Waals surface area contributed by atoms with Gasteiger partial charge in [-0.05, 0) is 27.7 Å². The van der Waals surface area contributed by atoms with Crippen molar-refractivity contribution < 1.29 is 79.0 Å². The molecular weight excluding hydrogens is 915 g/mol. The van der Waals surface area contributed by atoms with E-state index in [9.17, 15) is 39.6 Å². The molecule has 4 amide bonds. The maximum atomic E-state index is 11.4. The lowest BCUT2D eigenvalue weighted by atomic mass is 10.1. The highest BCUT2D eigenvalue weighted by atomic mass is 18.2. The van der Waals surface area contributed by atoms with Crippen LogP contribution in [0.15, 0.2) is 96.7 Å². The van der Waals surface area contributed by atoms with Gasteiger partial charge in [0.2, 0.25) is 0 Å². The molecule has 0 saturated carbocycles. The van der Waals surface area contributed by atoms with Crippen molar-refractivity contribution in [1.82, 2.24) is 40.9 Å². The van der Waals surface area contributed by atoms with Gasteiger partial charge in [0.05, 0.1) is 50.8 Å². The van der Waals surface area contributed by atoms with Gasteiger partial charge in [-0.1, -0.05) is 33.7 Å². The zero-order chi connectivity index (χ0) is 50.3. The third-order valence-electron chi connectivity index (χ3n) is 11.8. The number of nitrogens with one attached hydrogen (secondary N) is 4. The number of rotatable bonds is 8. The molecule has 0 aromatic rings. The van der Waals surface area contributed by atoms with E-state index in [2.05, 4.69) is 47.6 Å². The molecule has 0 spiro atoms. The Morgan fingerprint density at radius 3 is 1.14 bits per heavy atom. The summed E-state index contributed by atoms with van der Waals surface area (Å²) in [6, 6.07) is 0. The maximum absolute atomic E-state index is 11.4. The fourth-order valence-corrected chi connectivity index (χ4v) is 7.79. The van der Waals surface area contributed by atoms with Crippen molar-refractivity contribution in [2.24, 2.45) is 0 Å². The molecule has 4 saturated heterocycles. The molecule has 0 aromatic heterocycles. The van der Waals surface area contributed by atoms with Crippen LogP contribution in [0.1, 0.15) is 60.8 Å². The summed E-state index contributed by atoms with van der Waals surface area (Å²) >= 11 is 0. The van der Waals surface area contributed by atoms with E-state index in [0.29, 0.717) is 71.3 Å². The molecule has 12 atom stereocenters. The van der Waals surface area contributed by atoms with Crippen LogP contribution in [0.2, 0.25) is 0 Å². The fraction of sp³-hybridized carbons (Fsp3) is 0.556. The minimum absolute atomic E-state index is 0. The van der Waals surface area contributed by atoms with E-state index in [-0.39, 0.29) is 57.5 Å². The summed E-state index contributed by atoms with van der Waals surface area (Å²) in [4.78, 5) is 52.1. The number of hydrogen-bond acceptors (Lipinski definition) is 20. The highest BCUT2D eigenvalue weighted by Gasteiger charge is 2.41. The average Bonchev–Trinajstić information content (AvgIpc) is 4.07. The molecule has 24 nitrogen and oxygen atoms in total. The van der Waals surface area contributed by atoms with E-state index in [1.807, 2.05) is 0 Å². The van der Waals surface area contributed by atoms with E-state index < -0.39 is 73.7 Å². The van der Waals surface area contributed by atoms with E-state index in [4.69, 9.17) is 39.4 Å². The second kappa shape index (κ2) is 24.4. The van der Waals surface area contributed by atoms with Crippen LogP contribution >= 0.6 is 0 Å². The Bertz CT molecular complexity index is 1810. The molecule has 0 aromatic carbocycles. The SMILES string of the molecule is C.C=C1NC(=O)C(C)=CN1[C@H]1CC(O)[C@@H](CO)O1.C=C1NC(=O)C(C)=CN1[C@H]1CC(O)[C@@H](C[18OH])O1.C=C1NC(=O)C(C)=CN1[C@H]1CC([18OH])[C@@H](CO)O1.C=C1NC(=[18O])C(C)=CN1[C@H]1CC(O)[C@@H](CO)O1. The topological polar surface area (TPSA) is 328 Å². The Kier molecular flexibility index (Phi) is 19.8. The van der Waals surface area contributed by atoms with Crippen molar-refractivity contribution in [2.45, 2.75) is 135 Å². The highest BCUT2D eigenvalue weighted by Crippen LogP contribution is 2.31. The van der Waals surface area contributed by atoms with E-state index >= 15 is 0 Å². The lowest BCUT2D eigenvalue weighted by molar-refractivity contribution is -0.119. The number of ether oxygens (including phenoxy) is 4. The molecule has 0 radical (unpaired) electrons. The number of aliphatic hydroxyl groups excluding tert-OH is 8. The third kappa shape index (κ3) is 13.4. The molecule has 0 aliphatic carbocycles. The molecule has 12 N–H and O–H groups in total. The van der Waals surface area contributed by atoms with E-state index in [1.54, 1.807) is 72.1 Å². The van der Waals surface area contributed by atoms with Gasteiger partial charge in [-0.2, -0.15) is 0 Å². The first-order chi connectivity index (χ1) is 32.1. The molecule has 4 fully saturated rings. The minimum atomic E-state index is -0.705. The Morgan fingerprint density at radius 1 is 0.551 bits per heavy atom. The molecule has 69 heavy (non-hydrogen) atoms. The Balaban J connectivity index is 0.000000199. The van der Waals surface area contributed by atoms with Crippen LogP contribution in [-0.4, -0.2) is 184 Å². The van der Waals surface area contributed by atoms with Gasteiger partial charge in [0.15, 0.2) is 0 Å². The van der Waals surface area contributed by atoms with Crippen molar-refractivity contribution >= 4 is 23.6 Å². The second-order valence-corrected chi connectivity index (χ2v) is 16.9. The number of hydrogen-bond donors (Lipinski definition) is 12. The number of amides is 4. The monoisotopic (exact) mass is 982 g/mol. The number of aliphatic hydroxyl groups is 8. The zero-order valence-corrected chi connectivity index (χ0v) is 38.4. The summed E-state index contributed by atoms with van der Waals surface area (Å²) in [5.41, 5.74) is 2.18. The Morgan fingerprint density at radius 2 is 0.841 bits per heavy atom. The molecular formula is C45H68N8O16. The Labute approximate surface area is 400 Å². The van der Waals surface area contributed by atoms with Gasteiger partial charge in [-0.15, -0.1) is 0 Å². The van der Waals surface area contributed by atoms with Gasteiger partial charge in [0, 0.05) is 72.8 Å². The Hall–Kier alpha value is -5.48. The lowest BCUT2D eigenvalue weighted by Crippen LogP contribution is -2.42. The summed E-state index contributed by atoms with van der Waals surface area (Å²) in [5, 5.41) is 85.0. The lowest BCUT2D eigenvalue weighted by Gasteiger charge is -2.32. The van der Waals surface area contributed by atoms with Gasteiger partial charge in [0.25, 0.3) is 23.6 Å². The van der Waals surface area contributed by atoms with Crippen LogP contribution in [-0.2, 0) is 38.1 Å².